The van der Waals surface area contributed by atoms with E-state index in [1.54, 1.807) is 0 Å². The molecule has 1 N–H and O–H groups in total. The van der Waals surface area contributed by atoms with Crippen LogP contribution in [0.15, 0.2) is 0 Å². The smallest absolute Gasteiger partial charge is 0.223 e. The average molecular weight is 290 g/mol. The lowest BCUT2D eigenvalue weighted by Gasteiger charge is -2.42. The molecule has 1 amide bonds. The molecule has 16 heavy (non-hydrogen) atoms. The number of carbonyl (C=O) groups excluding carboxylic acids is 1. The Labute approximate surface area is 108 Å². The van der Waals surface area contributed by atoms with E-state index in [4.69, 9.17) is 0 Å². The van der Waals surface area contributed by atoms with Gasteiger partial charge in [-0.05, 0) is 32.1 Å². The average Bonchev–Trinajstić information content (AvgIpc) is 2.23. The fourth-order valence-electron chi connectivity index (χ4n) is 2.36. The summed E-state index contributed by atoms with van der Waals surface area (Å²) in [6.45, 7) is 4.30. The lowest BCUT2D eigenvalue weighted by molar-refractivity contribution is -0.128. The van der Waals surface area contributed by atoms with Crippen LogP contribution in [0, 0.1) is 5.92 Å². The highest BCUT2D eigenvalue weighted by molar-refractivity contribution is 9.09. The zero-order valence-electron chi connectivity index (χ0n) is 10.5. The van der Waals surface area contributed by atoms with E-state index in [0.717, 1.165) is 43.9 Å². The number of hydrogen-bond donors (Lipinski definition) is 1. The topological polar surface area (TPSA) is 29.1 Å². The predicted molar refractivity (Wildman–Crippen MR) is 71.8 cm³/mol. The van der Waals surface area contributed by atoms with Crippen molar-refractivity contribution < 1.29 is 4.79 Å². The van der Waals surface area contributed by atoms with Gasteiger partial charge >= 0.3 is 0 Å². The fraction of sp³-hybridized carbons (Fsp3) is 0.923. The van der Waals surface area contributed by atoms with Crippen LogP contribution in [-0.4, -0.2) is 16.8 Å². The molecule has 0 spiro atoms. The van der Waals surface area contributed by atoms with Crippen molar-refractivity contribution in [1.82, 2.24) is 5.32 Å². The van der Waals surface area contributed by atoms with Crippen molar-refractivity contribution in [3.63, 3.8) is 0 Å². The molecule has 0 aromatic heterocycles. The lowest BCUT2D eigenvalue weighted by atomic mass is 9.78. The molecule has 1 fully saturated rings. The van der Waals surface area contributed by atoms with Crippen LogP contribution in [0.1, 0.15) is 58.8 Å². The summed E-state index contributed by atoms with van der Waals surface area (Å²) in [5.41, 5.74) is 0.0802. The first-order valence-corrected chi connectivity index (χ1v) is 7.67. The second-order valence-corrected chi connectivity index (χ2v) is 5.59. The van der Waals surface area contributed by atoms with Gasteiger partial charge in [0.05, 0.1) is 0 Å². The summed E-state index contributed by atoms with van der Waals surface area (Å²) in [5, 5.41) is 4.16. The van der Waals surface area contributed by atoms with Gasteiger partial charge in [-0.1, -0.05) is 42.6 Å². The first kappa shape index (κ1) is 14.0. The second kappa shape index (κ2) is 6.63. The summed E-state index contributed by atoms with van der Waals surface area (Å²) >= 11 is 3.52. The van der Waals surface area contributed by atoms with Gasteiger partial charge in [0.15, 0.2) is 0 Å². The van der Waals surface area contributed by atoms with E-state index in [1.807, 2.05) is 0 Å². The van der Waals surface area contributed by atoms with E-state index < -0.39 is 0 Å². The van der Waals surface area contributed by atoms with Gasteiger partial charge < -0.3 is 5.32 Å². The highest BCUT2D eigenvalue weighted by Gasteiger charge is 2.38. The first-order valence-electron chi connectivity index (χ1n) is 6.55. The molecule has 0 unspecified atom stereocenters. The van der Waals surface area contributed by atoms with Crippen LogP contribution in [0.4, 0.5) is 0 Å². The maximum absolute atomic E-state index is 12.2. The minimum atomic E-state index is 0.0802. The molecular formula is C13H24BrNO. The molecule has 1 aliphatic carbocycles. The molecule has 1 aliphatic rings. The van der Waals surface area contributed by atoms with Crippen molar-refractivity contribution in [3.05, 3.63) is 0 Å². The first-order chi connectivity index (χ1) is 7.67. The summed E-state index contributed by atoms with van der Waals surface area (Å²) in [4.78, 5) is 12.2. The number of amides is 1. The third-order valence-electron chi connectivity index (χ3n) is 3.60. The van der Waals surface area contributed by atoms with Gasteiger partial charge in [-0.3, -0.25) is 4.79 Å². The Morgan fingerprint density at radius 3 is 2.19 bits per heavy atom. The van der Waals surface area contributed by atoms with Crippen LogP contribution >= 0.6 is 15.9 Å². The predicted octanol–water partition coefficient (Wildman–Crippen LogP) is 3.64. The van der Waals surface area contributed by atoms with Crippen molar-refractivity contribution >= 4 is 21.8 Å². The highest BCUT2D eigenvalue weighted by Crippen LogP contribution is 2.34. The van der Waals surface area contributed by atoms with Gasteiger partial charge in [-0.15, -0.1) is 0 Å². The Morgan fingerprint density at radius 2 is 1.88 bits per heavy atom. The van der Waals surface area contributed by atoms with Gasteiger partial charge in [0.25, 0.3) is 0 Å². The van der Waals surface area contributed by atoms with Crippen molar-refractivity contribution in [2.45, 2.75) is 64.3 Å². The molecule has 0 atom stereocenters. The van der Waals surface area contributed by atoms with Crippen LogP contribution in [-0.2, 0) is 4.79 Å². The largest absolute Gasteiger partial charge is 0.350 e. The fourth-order valence-corrected chi connectivity index (χ4v) is 3.06. The number of hydrogen-bond acceptors (Lipinski definition) is 1. The monoisotopic (exact) mass is 289 g/mol. The van der Waals surface area contributed by atoms with E-state index in [-0.39, 0.29) is 17.4 Å². The zero-order chi connectivity index (χ0) is 12.0. The molecule has 0 heterocycles. The minimum absolute atomic E-state index is 0.0802. The van der Waals surface area contributed by atoms with Crippen molar-refractivity contribution in [3.8, 4) is 0 Å². The molecule has 3 heteroatoms. The maximum Gasteiger partial charge on any atom is 0.223 e. The quantitative estimate of drug-likeness (QED) is 0.713. The molecule has 0 radical (unpaired) electrons. The van der Waals surface area contributed by atoms with Crippen LogP contribution in [0.25, 0.3) is 0 Å². The van der Waals surface area contributed by atoms with Gasteiger partial charge in [0, 0.05) is 16.8 Å². The normalized spacial score (nSPS) is 18.2. The second-order valence-electron chi connectivity index (χ2n) is 5.03. The molecule has 2 nitrogen and oxygen atoms in total. The number of carbonyl (C=O) groups is 1. The van der Waals surface area contributed by atoms with Gasteiger partial charge in [-0.2, -0.15) is 0 Å². The maximum atomic E-state index is 12.2. The molecule has 0 aromatic carbocycles. The molecule has 0 saturated heterocycles. The highest BCUT2D eigenvalue weighted by atomic mass is 79.9. The van der Waals surface area contributed by atoms with Crippen molar-refractivity contribution in [2.24, 2.45) is 5.92 Å². The van der Waals surface area contributed by atoms with Crippen LogP contribution in [0.3, 0.4) is 0 Å². The third-order valence-corrected chi connectivity index (χ3v) is 4.67. The summed E-state index contributed by atoms with van der Waals surface area (Å²) in [7, 11) is 0. The SMILES string of the molecule is CCCC(CCC)C(=O)NC1(CBr)CCC1. The lowest BCUT2D eigenvalue weighted by Crippen LogP contribution is -2.56. The van der Waals surface area contributed by atoms with Crippen LogP contribution < -0.4 is 5.32 Å². The molecule has 0 aromatic rings. The van der Waals surface area contributed by atoms with E-state index in [2.05, 4.69) is 35.1 Å². The summed E-state index contributed by atoms with van der Waals surface area (Å²) in [6, 6.07) is 0. The van der Waals surface area contributed by atoms with Gasteiger partial charge in [0.1, 0.15) is 0 Å². The molecule has 1 saturated carbocycles. The Hall–Kier alpha value is -0.0500. The van der Waals surface area contributed by atoms with E-state index in [0.29, 0.717) is 0 Å². The zero-order valence-corrected chi connectivity index (χ0v) is 12.1. The number of nitrogens with one attached hydrogen (secondary N) is 1. The van der Waals surface area contributed by atoms with Crippen LogP contribution in [0.5, 0.6) is 0 Å². The molecule has 0 bridgehead atoms. The summed E-state index contributed by atoms with van der Waals surface area (Å²) in [5.74, 6) is 0.509. The van der Waals surface area contributed by atoms with Gasteiger partial charge in [-0.25, -0.2) is 0 Å². The standard InChI is InChI=1S/C13H24BrNO/c1-3-6-11(7-4-2)12(16)15-13(10-14)8-5-9-13/h11H,3-10H2,1-2H3,(H,15,16). The number of alkyl halides is 1. The van der Waals surface area contributed by atoms with Crippen molar-refractivity contribution in [1.29, 1.82) is 0 Å². The molecular weight excluding hydrogens is 266 g/mol. The van der Waals surface area contributed by atoms with Gasteiger partial charge in [0.2, 0.25) is 5.91 Å². The van der Waals surface area contributed by atoms with Crippen LogP contribution in [0.2, 0.25) is 0 Å². The number of rotatable bonds is 7. The number of halogens is 1. The Bertz CT molecular complexity index is 214. The van der Waals surface area contributed by atoms with E-state index in [1.165, 1.54) is 6.42 Å². The Kier molecular flexibility index (Phi) is 5.81. The Morgan fingerprint density at radius 1 is 1.31 bits per heavy atom. The molecule has 0 aliphatic heterocycles. The minimum Gasteiger partial charge on any atom is -0.350 e. The molecule has 1 rings (SSSR count). The van der Waals surface area contributed by atoms with E-state index in [9.17, 15) is 4.79 Å². The third kappa shape index (κ3) is 3.47. The summed E-state index contributed by atoms with van der Waals surface area (Å²) < 4.78 is 0. The van der Waals surface area contributed by atoms with E-state index >= 15 is 0 Å². The Balaban J connectivity index is 2.47. The molecule has 94 valence electrons. The van der Waals surface area contributed by atoms with Crippen molar-refractivity contribution in [2.75, 3.05) is 5.33 Å². The summed E-state index contributed by atoms with van der Waals surface area (Å²) in [6.07, 6.45) is 7.76.